The van der Waals surface area contributed by atoms with E-state index in [4.69, 9.17) is 23.2 Å². The molecule has 2 aromatic rings. The lowest BCUT2D eigenvalue weighted by Crippen LogP contribution is -2.54. The van der Waals surface area contributed by atoms with E-state index in [9.17, 15) is 18.0 Å². The first-order valence-corrected chi connectivity index (χ1v) is 13.8. The first-order valence-electron chi connectivity index (χ1n) is 10.4. The summed E-state index contributed by atoms with van der Waals surface area (Å²) in [6, 6.07) is 10.8. The first-order chi connectivity index (χ1) is 15.6. The molecule has 0 aliphatic heterocycles. The number of sulfonamides is 1. The molecule has 0 fully saturated rings. The van der Waals surface area contributed by atoms with Gasteiger partial charge in [-0.2, -0.15) is 0 Å². The van der Waals surface area contributed by atoms with Gasteiger partial charge >= 0.3 is 0 Å². The van der Waals surface area contributed by atoms with Gasteiger partial charge in [0.25, 0.3) is 0 Å². The second-order valence-electron chi connectivity index (χ2n) is 8.93. The molecule has 0 heterocycles. The lowest BCUT2D eigenvalue weighted by Gasteiger charge is -2.33. The summed E-state index contributed by atoms with van der Waals surface area (Å²) in [6.45, 7) is 6.73. The summed E-state index contributed by atoms with van der Waals surface area (Å²) in [4.78, 5) is 27.8. The summed E-state index contributed by atoms with van der Waals surface area (Å²) < 4.78 is 26.9. The molecule has 2 amide bonds. The van der Waals surface area contributed by atoms with Crippen LogP contribution in [0.1, 0.15) is 33.3 Å². The van der Waals surface area contributed by atoms with E-state index in [0.717, 1.165) is 20.6 Å². The van der Waals surface area contributed by atoms with Crippen molar-refractivity contribution >= 4 is 66.7 Å². The van der Waals surface area contributed by atoms with Crippen LogP contribution < -0.4 is 9.62 Å². The second-order valence-corrected chi connectivity index (χ2v) is 12.6. The maximum Gasteiger partial charge on any atom is 0.244 e. The van der Waals surface area contributed by atoms with E-state index >= 15 is 0 Å². The van der Waals surface area contributed by atoms with E-state index in [0.29, 0.717) is 0 Å². The van der Waals surface area contributed by atoms with Crippen molar-refractivity contribution in [3.05, 3.63) is 62.5 Å². The molecule has 0 saturated heterocycles. The third-order valence-corrected chi connectivity index (χ3v) is 7.15. The Labute approximate surface area is 219 Å². The summed E-state index contributed by atoms with van der Waals surface area (Å²) in [7, 11) is -3.85. The molecule has 0 aromatic heterocycles. The molecule has 1 atom stereocenters. The van der Waals surface area contributed by atoms with E-state index in [1.165, 1.54) is 23.1 Å². The molecular weight excluding hydrogens is 565 g/mol. The molecule has 7 nitrogen and oxygen atoms in total. The van der Waals surface area contributed by atoms with Crippen LogP contribution in [-0.4, -0.2) is 49.5 Å². The molecule has 0 spiro atoms. The second kappa shape index (κ2) is 11.3. The predicted octanol–water partition coefficient (Wildman–Crippen LogP) is 4.85. The number of nitrogens with one attached hydrogen (secondary N) is 1. The van der Waals surface area contributed by atoms with Crippen LogP contribution in [-0.2, 0) is 26.2 Å². The minimum atomic E-state index is -3.85. The van der Waals surface area contributed by atoms with Crippen molar-refractivity contribution in [1.82, 2.24) is 10.2 Å². The summed E-state index contributed by atoms with van der Waals surface area (Å²) in [6.07, 6.45) is 0.997. The van der Waals surface area contributed by atoms with Crippen molar-refractivity contribution in [1.29, 1.82) is 0 Å². The van der Waals surface area contributed by atoms with Gasteiger partial charge in [0.05, 0.1) is 22.0 Å². The summed E-state index contributed by atoms with van der Waals surface area (Å²) in [5.74, 6) is -0.899. The van der Waals surface area contributed by atoms with Gasteiger partial charge in [-0.05, 0) is 63.6 Å². The maximum atomic E-state index is 13.5. The summed E-state index contributed by atoms with van der Waals surface area (Å²) in [5, 5.41) is 3.29. The monoisotopic (exact) mass is 591 g/mol. The van der Waals surface area contributed by atoms with Crippen LogP contribution >= 0.6 is 39.1 Å². The fraction of sp³-hybridized carbons (Fsp3) is 0.391. The number of nitrogens with zero attached hydrogens (tertiary/aromatic N) is 2. The molecule has 0 aliphatic rings. The smallest absolute Gasteiger partial charge is 0.244 e. The van der Waals surface area contributed by atoms with Gasteiger partial charge in [0.1, 0.15) is 12.6 Å². The Morgan fingerprint density at radius 3 is 2.26 bits per heavy atom. The van der Waals surface area contributed by atoms with Gasteiger partial charge in [0.15, 0.2) is 0 Å². The van der Waals surface area contributed by atoms with Gasteiger partial charge in [-0.1, -0.05) is 51.3 Å². The molecule has 0 radical (unpaired) electrons. The lowest BCUT2D eigenvalue weighted by atomic mass is 10.1. The van der Waals surface area contributed by atoms with Crippen LogP contribution in [0.3, 0.4) is 0 Å². The van der Waals surface area contributed by atoms with E-state index in [-0.39, 0.29) is 28.2 Å². The van der Waals surface area contributed by atoms with Gasteiger partial charge < -0.3 is 10.2 Å². The minimum Gasteiger partial charge on any atom is -0.350 e. The van der Waals surface area contributed by atoms with Crippen molar-refractivity contribution in [2.45, 2.75) is 45.8 Å². The average molecular weight is 593 g/mol. The van der Waals surface area contributed by atoms with Crippen molar-refractivity contribution < 1.29 is 18.0 Å². The van der Waals surface area contributed by atoms with Crippen molar-refractivity contribution in [2.75, 3.05) is 17.1 Å². The van der Waals surface area contributed by atoms with E-state index in [1.54, 1.807) is 6.92 Å². The minimum absolute atomic E-state index is 0.107. The molecule has 0 saturated carbocycles. The predicted molar refractivity (Wildman–Crippen MR) is 141 cm³/mol. The maximum absolute atomic E-state index is 13.5. The summed E-state index contributed by atoms with van der Waals surface area (Å²) in [5.41, 5.74) is 0.465. The normalized spacial score (nSPS) is 12.7. The van der Waals surface area contributed by atoms with E-state index < -0.39 is 34.1 Å². The van der Waals surface area contributed by atoms with Crippen LogP contribution in [0, 0.1) is 0 Å². The fourth-order valence-electron chi connectivity index (χ4n) is 3.14. The van der Waals surface area contributed by atoms with Crippen molar-refractivity contribution in [3.8, 4) is 0 Å². The Morgan fingerprint density at radius 2 is 1.74 bits per heavy atom. The third-order valence-electron chi connectivity index (χ3n) is 4.78. The number of rotatable bonds is 8. The molecule has 1 unspecified atom stereocenters. The first kappa shape index (κ1) is 28.4. The van der Waals surface area contributed by atoms with Crippen LogP contribution in [0.15, 0.2) is 46.9 Å². The Morgan fingerprint density at radius 1 is 1.09 bits per heavy atom. The highest BCUT2D eigenvalue weighted by atomic mass is 79.9. The number of hydrogen-bond acceptors (Lipinski definition) is 4. The Bertz CT molecular complexity index is 1170. The fourth-order valence-corrected chi connectivity index (χ4v) is 4.72. The largest absolute Gasteiger partial charge is 0.350 e. The van der Waals surface area contributed by atoms with Gasteiger partial charge in [0.2, 0.25) is 21.8 Å². The Kier molecular flexibility index (Phi) is 9.44. The van der Waals surface area contributed by atoms with E-state index in [2.05, 4.69) is 21.2 Å². The molecule has 11 heteroatoms. The number of carbonyl (C=O) groups excluding carboxylic acids is 2. The molecule has 2 aromatic carbocycles. The third kappa shape index (κ3) is 8.15. The Balaban J connectivity index is 2.43. The van der Waals surface area contributed by atoms with E-state index in [1.807, 2.05) is 45.0 Å². The number of benzene rings is 2. The van der Waals surface area contributed by atoms with Gasteiger partial charge in [-0.25, -0.2) is 8.42 Å². The number of amides is 2. The molecule has 2 rings (SSSR count). The summed E-state index contributed by atoms with van der Waals surface area (Å²) >= 11 is 15.5. The highest BCUT2D eigenvalue weighted by molar-refractivity contribution is 9.10. The zero-order valence-corrected chi connectivity index (χ0v) is 23.5. The van der Waals surface area contributed by atoms with Crippen LogP contribution in [0.4, 0.5) is 5.69 Å². The molecule has 1 N–H and O–H groups in total. The molecule has 0 bridgehead atoms. The molecule has 34 heavy (non-hydrogen) atoms. The number of carbonyl (C=O) groups is 2. The van der Waals surface area contributed by atoms with Gasteiger partial charge in [0, 0.05) is 16.6 Å². The standard InChI is InChI=1S/C23H28BrCl2N3O4S/c1-15(22(31)27-23(2,3)4)28(13-16-7-6-8-17(24)11-16)21(30)14-29(34(5,32)33)18-9-10-19(25)20(26)12-18/h6-12,15H,13-14H2,1-5H3,(H,27,31). The molecule has 0 aliphatic carbocycles. The topological polar surface area (TPSA) is 86.8 Å². The number of hydrogen-bond donors (Lipinski definition) is 1. The van der Waals surface area contributed by atoms with Crippen molar-refractivity contribution in [2.24, 2.45) is 0 Å². The Hall–Kier alpha value is -1.81. The van der Waals surface area contributed by atoms with Gasteiger partial charge in [-0.15, -0.1) is 0 Å². The lowest BCUT2D eigenvalue weighted by molar-refractivity contribution is -0.140. The van der Waals surface area contributed by atoms with Crippen LogP contribution in [0.2, 0.25) is 10.0 Å². The number of anilines is 1. The molecular formula is C23H28BrCl2N3O4S. The zero-order valence-electron chi connectivity index (χ0n) is 19.6. The van der Waals surface area contributed by atoms with Gasteiger partial charge in [-0.3, -0.25) is 13.9 Å². The van der Waals surface area contributed by atoms with Crippen molar-refractivity contribution in [3.63, 3.8) is 0 Å². The average Bonchev–Trinajstić information content (AvgIpc) is 2.69. The SMILES string of the molecule is CC(C(=O)NC(C)(C)C)N(Cc1cccc(Br)c1)C(=O)CN(c1ccc(Cl)c(Cl)c1)S(C)(=O)=O. The highest BCUT2D eigenvalue weighted by Gasteiger charge is 2.31. The number of halogens is 3. The molecule has 186 valence electrons. The highest BCUT2D eigenvalue weighted by Crippen LogP contribution is 2.28. The van der Waals surface area contributed by atoms with Crippen LogP contribution in [0.25, 0.3) is 0 Å². The van der Waals surface area contributed by atoms with Crippen LogP contribution in [0.5, 0.6) is 0 Å². The zero-order chi connectivity index (χ0) is 25.8. The quantitative estimate of drug-likeness (QED) is 0.474.